The third-order valence-electron chi connectivity index (χ3n) is 2.13. The summed E-state index contributed by atoms with van der Waals surface area (Å²) in [4.78, 5) is 22.1. The van der Waals surface area contributed by atoms with Gasteiger partial charge in [0.15, 0.2) is 0 Å². The van der Waals surface area contributed by atoms with Gasteiger partial charge in [-0.3, -0.25) is 9.59 Å². The average Bonchev–Trinajstić information content (AvgIpc) is 2.16. The summed E-state index contributed by atoms with van der Waals surface area (Å²) in [5, 5.41) is 10.6. The molecule has 3 unspecified atom stereocenters. The van der Waals surface area contributed by atoms with E-state index in [9.17, 15) is 9.59 Å². The van der Waals surface area contributed by atoms with Gasteiger partial charge in [-0.1, -0.05) is 6.92 Å². The van der Waals surface area contributed by atoms with Gasteiger partial charge in [0.2, 0.25) is 5.91 Å². The van der Waals surface area contributed by atoms with Gasteiger partial charge in [0.05, 0.1) is 5.25 Å². The SMILES string of the molecule is CCC(C)NC(=O)C(C)SC(C)C(=O)O. The molecule has 0 radical (unpaired) electrons. The Balaban J connectivity index is 4.04. The first-order valence-corrected chi connectivity index (χ1v) is 6.01. The highest BCUT2D eigenvalue weighted by Crippen LogP contribution is 2.17. The molecule has 5 heteroatoms. The van der Waals surface area contributed by atoms with Gasteiger partial charge in [0, 0.05) is 6.04 Å². The van der Waals surface area contributed by atoms with Crippen LogP contribution in [0.1, 0.15) is 34.1 Å². The summed E-state index contributed by atoms with van der Waals surface area (Å²) in [6.07, 6.45) is 0.873. The van der Waals surface area contributed by atoms with Crippen LogP contribution in [0.5, 0.6) is 0 Å². The number of carbonyl (C=O) groups excluding carboxylic acids is 1. The average molecular weight is 233 g/mol. The Bertz CT molecular complexity index is 233. The lowest BCUT2D eigenvalue weighted by atomic mass is 10.2. The second kappa shape index (κ2) is 6.71. The van der Waals surface area contributed by atoms with Crippen LogP contribution >= 0.6 is 11.8 Å². The van der Waals surface area contributed by atoms with Crippen molar-refractivity contribution < 1.29 is 14.7 Å². The molecule has 4 nitrogen and oxygen atoms in total. The molecule has 88 valence electrons. The fraction of sp³-hybridized carbons (Fsp3) is 0.800. The van der Waals surface area contributed by atoms with Crippen molar-refractivity contribution in [1.82, 2.24) is 5.32 Å². The standard InChI is InChI=1S/C10H19NO3S/c1-5-6(2)11-9(12)7(3)15-8(4)10(13)14/h6-8H,5H2,1-4H3,(H,11,12)(H,13,14). The molecular formula is C10H19NO3S. The van der Waals surface area contributed by atoms with E-state index in [1.54, 1.807) is 13.8 Å². The van der Waals surface area contributed by atoms with E-state index in [-0.39, 0.29) is 17.2 Å². The summed E-state index contributed by atoms with van der Waals surface area (Å²) in [7, 11) is 0. The molecule has 0 aliphatic carbocycles. The lowest BCUT2D eigenvalue weighted by Gasteiger charge is -2.17. The van der Waals surface area contributed by atoms with Crippen molar-refractivity contribution in [3.63, 3.8) is 0 Å². The summed E-state index contributed by atoms with van der Waals surface area (Å²) in [6.45, 7) is 7.22. The maximum atomic E-state index is 11.5. The molecule has 3 atom stereocenters. The number of amides is 1. The Labute approximate surface area is 94.8 Å². The van der Waals surface area contributed by atoms with Crippen LogP contribution in [-0.4, -0.2) is 33.5 Å². The summed E-state index contributed by atoms with van der Waals surface area (Å²) >= 11 is 1.16. The number of rotatable bonds is 6. The Morgan fingerprint density at radius 3 is 2.20 bits per heavy atom. The van der Waals surface area contributed by atoms with Gasteiger partial charge >= 0.3 is 5.97 Å². The fourth-order valence-electron chi connectivity index (χ4n) is 0.888. The summed E-state index contributed by atoms with van der Waals surface area (Å²) in [6, 6.07) is 0.140. The lowest BCUT2D eigenvalue weighted by Crippen LogP contribution is -2.38. The molecule has 0 saturated heterocycles. The number of carboxylic acids is 1. The van der Waals surface area contributed by atoms with E-state index < -0.39 is 11.2 Å². The maximum Gasteiger partial charge on any atom is 0.316 e. The molecule has 0 fully saturated rings. The van der Waals surface area contributed by atoms with Crippen molar-refractivity contribution in [2.75, 3.05) is 0 Å². The molecule has 2 N–H and O–H groups in total. The zero-order chi connectivity index (χ0) is 12.0. The smallest absolute Gasteiger partial charge is 0.316 e. The van der Waals surface area contributed by atoms with Crippen molar-refractivity contribution in [1.29, 1.82) is 0 Å². The van der Waals surface area contributed by atoms with Crippen LogP contribution in [0.15, 0.2) is 0 Å². The van der Waals surface area contributed by atoms with Gasteiger partial charge in [-0.25, -0.2) is 0 Å². The van der Waals surface area contributed by atoms with E-state index in [4.69, 9.17) is 5.11 Å². The van der Waals surface area contributed by atoms with E-state index in [1.165, 1.54) is 0 Å². The molecule has 0 spiro atoms. The Kier molecular flexibility index (Phi) is 6.40. The summed E-state index contributed by atoms with van der Waals surface area (Å²) in [5.74, 6) is -0.981. The molecule has 0 heterocycles. The third kappa shape index (κ3) is 5.67. The van der Waals surface area contributed by atoms with Crippen molar-refractivity contribution in [2.45, 2.75) is 50.7 Å². The molecule has 1 amide bonds. The van der Waals surface area contributed by atoms with E-state index >= 15 is 0 Å². The van der Waals surface area contributed by atoms with Crippen molar-refractivity contribution in [2.24, 2.45) is 0 Å². The van der Waals surface area contributed by atoms with Crippen molar-refractivity contribution in [3.8, 4) is 0 Å². The highest BCUT2D eigenvalue weighted by atomic mass is 32.2. The number of nitrogens with one attached hydrogen (secondary N) is 1. The van der Waals surface area contributed by atoms with Crippen LogP contribution in [0.2, 0.25) is 0 Å². The van der Waals surface area contributed by atoms with Crippen molar-refractivity contribution in [3.05, 3.63) is 0 Å². The van der Waals surface area contributed by atoms with Crippen LogP contribution in [-0.2, 0) is 9.59 Å². The minimum absolute atomic E-state index is 0.0950. The van der Waals surface area contributed by atoms with Gasteiger partial charge in [-0.15, -0.1) is 11.8 Å². The quantitative estimate of drug-likeness (QED) is 0.729. The third-order valence-corrected chi connectivity index (χ3v) is 3.36. The van der Waals surface area contributed by atoms with Crippen LogP contribution in [0.25, 0.3) is 0 Å². The predicted octanol–water partition coefficient (Wildman–Crippen LogP) is 1.50. The van der Waals surface area contributed by atoms with E-state index in [2.05, 4.69) is 5.32 Å². The van der Waals surface area contributed by atoms with Crippen molar-refractivity contribution >= 4 is 23.6 Å². The minimum Gasteiger partial charge on any atom is -0.480 e. The topological polar surface area (TPSA) is 66.4 Å². The van der Waals surface area contributed by atoms with Gasteiger partial charge in [-0.2, -0.15) is 0 Å². The van der Waals surface area contributed by atoms with Crippen LogP contribution in [0, 0.1) is 0 Å². The number of carbonyl (C=O) groups is 2. The first-order chi connectivity index (χ1) is 6.88. The van der Waals surface area contributed by atoms with Crippen LogP contribution in [0.3, 0.4) is 0 Å². The summed E-state index contributed by atoms with van der Waals surface area (Å²) < 4.78 is 0. The van der Waals surface area contributed by atoms with Gasteiger partial charge in [0.25, 0.3) is 0 Å². The zero-order valence-electron chi connectivity index (χ0n) is 9.61. The van der Waals surface area contributed by atoms with E-state index in [0.29, 0.717) is 0 Å². The maximum absolute atomic E-state index is 11.5. The molecule has 0 aliphatic rings. The van der Waals surface area contributed by atoms with Gasteiger partial charge in [-0.05, 0) is 27.2 Å². The molecule has 0 saturated carbocycles. The first kappa shape index (κ1) is 14.3. The number of thioether (sulfide) groups is 1. The normalized spacial score (nSPS) is 16.5. The number of carboxylic acid groups (broad SMARTS) is 1. The Morgan fingerprint density at radius 1 is 1.27 bits per heavy atom. The van der Waals surface area contributed by atoms with Crippen LogP contribution < -0.4 is 5.32 Å². The van der Waals surface area contributed by atoms with Gasteiger partial charge < -0.3 is 10.4 Å². The van der Waals surface area contributed by atoms with E-state index in [1.807, 2.05) is 13.8 Å². The molecule has 15 heavy (non-hydrogen) atoms. The lowest BCUT2D eigenvalue weighted by molar-refractivity contribution is -0.136. The van der Waals surface area contributed by atoms with Gasteiger partial charge in [0.1, 0.15) is 5.25 Å². The zero-order valence-corrected chi connectivity index (χ0v) is 10.4. The number of aliphatic carboxylic acids is 1. The number of hydrogen-bond acceptors (Lipinski definition) is 3. The molecule has 0 aliphatic heterocycles. The first-order valence-electron chi connectivity index (χ1n) is 5.07. The second-order valence-electron chi connectivity index (χ2n) is 3.58. The predicted molar refractivity (Wildman–Crippen MR) is 62.0 cm³/mol. The number of hydrogen-bond donors (Lipinski definition) is 2. The molecular weight excluding hydrogens is 214 g/mol. The highest BCUT2D eigenvalue weighted by Gasteiger charge is 2.21. The molecule has 0 rings (SSSR count). The monoisotopic (exact) mass is 233 g/mol. The highest BCUT2D eigenvalue weighted by molar-refractivity contribution is 8.01. The molecule has 0 bridgehead atoms. The molecule has 0 aromatic rings. The minimum atomic E-state index is -0.886. The molecule has 0 aromatic carbocycles. The van der Waals surface area contributed by atoms with E-state index in [0.717, 1.165) is 18.2 Å². The Hall–Kier alpha value is -0.710. The van der Waals surface area contributed by atoms with Crippen LogP contribution in [0.4, 0.5) is 0 Å². The Morgan fingerprint density at radius 2 is 1.80 bits per heavy atom. The summed E-state index contributed by atoms with van der Waals surface area (Å²) in [5.41, 5.74) is 0. The second-order valence-corrected chi connectivity index (χ2v) is 5.26. The fourth-order valence-corrected chi connectivity index (χ4v) is 1.81. The molecule has 0 aromatic heterocycles. The largest absolute Gasteiger partial charge is 0.480 e.